The molecule has 0 spiro atoms. The molecule has 0 radical (unpaired) electrons. The molecule has 1 aliphatic heterocycles. The van der Waals surface area contributed by atoms with Gasteiger partial charge in [0.1, 0.15) is 4.88 Å². The van der Waals surface area contributed by atoms with Crippen LogP contribution in [0.5, 0.6) is 0 Å². The van der Waals surface area contributed by atoms with Crippen LogP contribution in [0.3, 0.4) is 0 Å². The molecule has 0 bridgehead atoms. The van der Waals surface area contributed by atoms with Crippen LogP contribution in [-0.2, 0) is 0 Å². The van der Waals surface area contributed by atoms with Gasteiger partial charge in [-0.1, -0.05) is 13.3 Å². The number of piperidine rings is 1. The number of hydrogen-bond acceptors (Lipinski definition) is 4. The molecule has 2 aromatic heterocycles. The lowest BCUT2D eigenvalue weighted by molar-refractivity contribution is 0.0677. The van der Waals surface area contributed by atoms with E-state index in [1.165, 1.54) is 17.8 Å². The highest BCUT2D eigenvalue weighted by molar-refractivity contribution is 7.12. The molecule has 0 aliphatic carbocycles. The normalized spacial score (nSPS) is 17.5. The van der Waals surface area contributed by atoms with Crippen molar-refractivity contribution in [2.24, 2.45) is 5.92 Å². The van der Waals surface area contributed by atoms with Crippen LogP contribution < -0.4 is 5.32 Å². The number of carbonyl (C=O) groups is 2. The molecule has 3 heterocycles. The molecule has 1 atom stereocenters. The van der Waals surface area contributed by atoms with Gasteiger partial charge in [-0.05, 0) is 42.3 Å². The molecule has 1 fully saturated rings. The molecule has 0 saturated carbocycles. The number of rotatable bonds is 4. The standard InChI is InChI=1S/C18H21N3O2S/c1-2-13-4-3-10-21(12-13)18(23)16-15(7-11-24-16)20-17(22)14-5-8-19-9-6-14/h5-9,11,13H,2-4,10,12H2,1H3,(H,20,22). The first-order valence-corrected chi connectivity index (χ1v) is 9.15. The van der Waals surface area contributed by atoms with E-state index >= 15 is 0 Å². The van der Waals surface area contributed by atoms with Crippen molar-refractivity contribution < 1.29 is 9.59 Å². The minimum Gasteiger partial charge on any atom is -0.338 e. The van der Waals surface area contributed by atoms with Gasteiger partial charge in [0.2, 0.25) is 0 Å². The van der Waals surface area contributed by atoms with Crippen LogP contribution in [0.4, 0.5) is 5.69 Å². The molecule has 2 amide bonds. The quantitative estimate of drug-likeness (QED) is 0.921. The predicted octanol–water partition coefficient (Wildman–Crippen LogP) is 3.66. The number of nitrogens with one attached hydrogen (secondary N) is 1. The van der Waals surface area contributed by atoms with Gasteiger partial charge in [0.25, 0.3) is 11.8 Å². The molecule has 1 unspecified atom stereocenters. The maximum absolute atomic E-state index is 12.8. The number of thiophene rings is 1. The number of hydrogen-bond donors (Lipinski definition) is 1. The number of likely N-dealkylation sites (tertiary alicyclic amines) is 1. The maximum Gasteiger partial charge on any atom is 0.266 e. The highest BCUT2D eigenvalue weighted by Crippen LogP contribution is 2.27. The van der Waals surface area contributed by atoms with Gasteiger partial charge in [0.15, 0.2) is 0 Å². The second kappa shape index (κ2) is 7.57. The van der Waals surface area contributed by atoms with E-state index in [-0.39, 0.29) is 11.8 Å². The van der Waals surface area contributed by atoms with Crippen molar-refractivity contribution in [1.29, 1.82) is 0 Å². The molecule has 1 aliphatic rings. The van der Waals surface area contributed by atoms with E-state index in [1.54, 1.807) is 30.6 Å². The van der Waals surface area contributed by atoms with Crippen molar-refractivity contribution in [2.45, 2.75) is 26.2 Å². The third kappa shape index (κ3) is 3.64. The Morgan fingerprint density at radius 2 is 2.12 bits per heavy atom. The predicted molar refractivity (Wildman–Crippen MR) is 95.4 cm³/mol. The van der Waals surface area contributed by atoms with Crippen LogP contribution in [0.2, 0.25) is 0 Å². The maximum atomic E-state index is 12.8. The Labute approximate surface area is 145 Å². The summed E-state index contributed by atoms with van der Waals surface area (Å²) in [4.78, 5) is 31.6. The van der Waals surface area contributed by atoms with E-state index in [2.05, 4.69) is 17.2 Å². The lowest BCUT2D eigenvalue weighted by Crippen LogP contribution is -2.39. The number of carbonyl (C=O) groups excluding carboxylic acids is 2. The first-order chi connectivity index (χ1) is 11.7. The van der Waals surface area contributed by atoms with Gasteiger partial charge in [-0.2, -0.15) is 0 Å². The second-order valence-corrected chi connectivity index (χ2v) is 6.94. The topological polar surface area (TPSA) is 62.3 Å². The minimum absolute atomic E-state index is 0.0215. The summed E-state index contributed by atoms with van der Waals surface area (Å²) in [5.41, 5.74) is 1.11. The number of amides is 2. The van der Waals surface area contributed by atoms with Crippen molar-refractivity contribution in [3.63, 3.8) is 0 Å². The third-order valence-corrected chi connectivity index (χ3v) is 5.34. The molecular formula is C18H21N3O2S. The molecule has 24 heavy (non-hydrogen) atoms. The van der Waals surface area contributed by atoms with Gasteiger partial charge in [0, 0.05) is 31.0 Å². The zero-order chi connectivity index (χ0) is 16.9. The summed E-state index contributed by atoms with van der Waals surface area (Å²) in [5.74, 6) is 0.376. The average Bonchev–Trinajstić information content (AvgIpc) is 3.10. The van der Waals surface area contributed by atoms with Crippen molar-refractivity contribution in [3.05, 3.63) is 46.4 Å². The van der Waals surface area contributed by atoms with Crippen molar-refractivity contribution in [3.8, 4) is 0 Å². The number of nitrogens with zero attached hydrogens (tertiary/aromatic N) is 2. The van der Waals surface area contributed by atoms with E-state index in [9.17, 15) is 9.59 Å². The molecule has 1 N–H and O–H groups in total. The Balaban J connectivity index is 1.73. The van der Waals surface area contributed by atoms with Crippen LogP contribution in [0.1, 0.15) is 46.2 Å². The van der Waals surface area contributed by atoms with Crippen LogP contribution in [0.15, 0.2) is 36.0 Å². The van der Waals surface area contributed by atoms with Gasteiger partial charge in [-0.15, -0.1) is 11.3 Å². The van der Waals surface area contributed by atoms with Gasteiger partial charge in [-0.3, -0.25) is 14.6 Å². The van der Waals surface area contributed by atoms with Gasteiger partial charge >= 0.3 is 0 Å². The number of anilines is 1. The highest BCUT2D eigenvalue weighted by atomic mass is 32.1. The highest BCUT2D eigenvalue weighted by Gasteiger charge is 2.26. The van der Waals surface area contributed by atoms with Crippen LogP contribution in [0, 0.1) is 5.92 Å². The molecule has 2 aromatic rings. The van der Waals surface area contributed by atoms with Crippen LogP contribution >= 0.6 is 11.3 Å². The van der Waals surface area contributed by atoms with Crippen LogP contribution in [-0.4, -0.2) is 34.8 Å². The summed E-state index contributed by atoms with van der Waals surface area (Å²) in [7, 11) is 0. The molecule has 1 saturated heterocycles. The summed E-state index contributed by atoms with van der Waals surface area (Å²) in [6.45, 7) is 3.78. The minimum atomic E-state index is -0.227. The van der Waals surface area contributed by atoms with E-state index in [4.69, 9.17) is 0 Å². The Bertz CT molecular complexity index is 714. The zero-order valence-corrected chi connectivity index (χ0v) is 14.5. The first-order valence-electron chi connectivity index (χ1n) is 8.27. The summed E-state index contributed by atoms with van der Waals surface area (Å²) >= 11 is 1.38. The fourth-order valence-electron chi connectivity index (χ4n) is 3.00. The Morgan fingerprint density at radius 1 is 1.33 bits per heavy atom. The first kappa shape index (κ1) is 16.6. The summed E-state index contributed by atoms with van der Waals surface area (Å²) in [6, 6.07) is 5.09. The molecule has 3 rings (SSSR count). The van der Waals surface area contributed by atoms with Crippen molar-refractivity contribution in [2.75, 3.05) is 18.4 Å². The summed E-state index contributed by atoms with van der Waals surface area (Å²) in [5, 5.41) is 4.69. The smallest absolute Gasteiger partial charge is 0.266 e. The second-order valence-electron chi connectivity index (χ2n) is 6.02. The van der Waals surface area contributed by atoms with E-state index in [0.717, 1.165) is 25.9 Å². The zero-order valence-electron chi connectivity index (χ0n) is 13.7. The van der Waals surface area contributed by atoms with Gasteiger partial charge in [0.05, 0.1) is 5.69 Å². The Hall–Kier alpha value is -2.21. The van der Waals surface area contributed by atoms with Crippen molar-refractivity contribution in [1.82, 2.24) is 9.88 Å². The molecule has 6 heteroatoms. The Morgan fingerprint density at radius 3 is 2.88 bits per heavy atom. The van der Waals surface area contributed by atoms with Gasteiger partial charge < -0.3 is 10.2 Å². The summed E-state index contributed by atoms with van der Waals surface area (Å²) in [6.07, 6.45) is 6.49. The van der Waals surface area contributed by atoms with Gasteiger partial charge in [-0.25, -0.2) is 0 Å². The van der Waals surface area contributed by atoms with E-state index in [0.29, 0.717) is 22.0 Å². The average molecular weight is 343 g/mol. The number of aromatic nitrogens is 1. The fraction of sp³-hybridized carbons (Fsp3) is 0.389. The number of pyridine rings is 1. The molecule has 126 valence electrons. The van der Waals surface area contributed by atoms with E-state index < -0.39 is 0 Å². The molecular weight excluding hydrogens is 322 g/mol. The lowest BCUT2D eigenvalue weighted by Gasteiger charge is -2.32. The third-order valence-electron chi connectivity index (χ3n) is 4.43. The van der Waals surface area contributed by atoms with E-state index in [1.807, 2.05) is 10.3 Å². The lowest BCUT2D eigenvalue weighted by atomic mass is 9.95. The SMILES string of the molecule is CCC1CCCN(C(=O)c2sccc2NC(=O)c2ccncc2)C1. The Kier molecular flexibility index (Phi) is 5.25. The monoisotopic (exact) mass is 343 g/mol. The molecule has 5 nitrogen and oxygen atoms in total. The molecule has 0 aromatic carbocycles. The van der Waals surface area contributed by atoms with Crippen molar-refractivity contribution >= 4 is 28.8 Å². The largest absolute Gasteiger partial charge is 0.338 e. The fourth-order valence-corrected chi connectivity index (χ4v) is 3.81. The van der Waals surface area contributed by atoms with Crippen LogP contribution in [0.25, 0.3) is 0 Å². The summed E-state index contributed by atoms with van der Waals surface area (Å²) < 4.78 is 0.